The van der Waals surface area contributed by atoms with Gasteiger partial charge in [-0.15, -0.1) is 0 Å². The van der Waals surface area contributed by atoms with E-state index in [4.69, 9.17) is 4.42 Å². The Bertz CT molecular complexity index is 465. The van der Waals surface area contributed by atoms with Crippen LogP contribution in [0.25, 0.3) is 0 Å². The zero-order chi connectivity index (χ0) is 14.9. The highest BCUT2D eigenvalue weighted by Gasteiger charge is 2.30. The Morgan fingerprint density at radius 1 is 1.29 bits per heavy atom. The van der Waals surface area contributed by atoms with Crippen molar-refractivity contribution in [3.8, 4) is 0 Å². The van der Waals surface area contributed by atoms with Crippen molar-refractivity contribution in [3.05, 3.63) is 12.0 Å². The summed E-state index contributed by atoms with van der Waals surface area (Å²) in [6.45, 7) is 11.8. The second-order valence-corrected chi connectivity index (χ2v) is 7.36. The number of oxazole rings is 1. The van der Waals surface area contributed by atoms with Gasteiger partial charge >= 0.3 is 0 Å². The normalized spacial score (nSPS) is 24.1. The zero-order valence-electron chi connectivity index (χ0n) is 13.6. The minimum absolute atomic E-state index is 0.104. The SMILES string of the molecule is CC(C)(C)NCc1coc(N2CCN3CCCCC3C2)n1. The van der Waals surface area contributed by atoms with Crippen molar-refractivity contribution in [2.24, 2.45) is 0 Å². The molecule has 0 aromatic carbocycles. The molecule has 118 valence electrons. The maximum absolute atomic E-state index is 5.71. The van der Waals surface area contributed by atoms with E-state index in [1.165, 1.54) is 25.8 Å². The van der Waals surface area contributed by atoms with E-state index in [0.717, 1.165) is 37.9 Å². The summed E-state index contributed by atoms with van der Waals surface area (Å²) in [7, 11) is 0. The van der Waals surface area contributed by atoms with Crippen molar-refractivity contribution in [1.82, 2.24) is 15.2 Å². The van der Waals surface area contributed by atoms with Crippen molar-refractivity contribution in [1.29, 1.82) is 0 Å². The monoisotopic (exact) mass is 292 g/mol. The summed E-state index contributed by atoms with van der Waals surface area (Å²) in [5.74, 6) is 0. The minimum atomic E-state index is 0.104. The summed E-state index contributed by atoms with van der Waals surface area (Å²) in [5.41, 5.74) is 1.10. The third-order valence-electron chi connectivity index (χ3n) is 4.45. The molecule has 3 heterocycles. The van der Waals surface area contributed by atoms with Crippen molar-refractivity contribution in [2.45, 2.75) is 58.2 Å². The molecule has 21 heavy (non-hydrogen) atoms. The summed E-state index contributed by atoms with van der Waals surface area (Å²) < 4.78 is 5.71. The van der Waals surface area contributed by atoms with Gasteiger partial charge in [0, 0.05) is 37.8 Å². The van der Waals surface area contributed by atoms with Crippen molar-refractivity contribution < 1.29 is 4.42 Å². The van der Waals surface area contributed by atoms with Crippen LogP contribution in [0.1, 0.15) is 45.7 Å². The van der Waals surface area contributed by atoms with Crippen LogP contribution in [0, 0.1) is 0 Å². The molecular formula is C16H28N4O. The number of piperidine rings is 1. The summed E-state index contributed by atoms with van der Waals surface area (Å²) in [5, 5.41) is 3.45. The van der Waals surface area contributed by atoms with Gasteiger partial charge in [0.15, 0.2) is 0 Å². The molecule has 0 amide bonds. The lowest BCUT2D eigenvalue weighted by atomic mass is 10.00. The molecule has 0 aliphatic carbocycles. The standard InChI is InChI=1S/C16H28N4O/c1-16(2,3)17-10-13-12-21-15(18-13)20-9-8-19-7-5-4-6-14(19)11-20/h12,14,17H,4-11H2,1-3H3. The molecule has 1 unspecified atom stereocenters. The Balaban J connectivity index is 1.58. The first-order chi connectivity index (χ1) is 10.0. The summed E-state index contributed by atoms with van der Waals surface area (Å²) in [6.07, 6.45) is 5.83. The molecule has 2 aliphatic heterocycles. The lowest BCUT2D eigenvalue weighted by Crippen LogP contribution is -2.55. The molecule has 5 nitrogen and oxygen atoms in total. The molecule has 2 fully saturated rings. The molecule has 0 bridgehead atoms. The Kier molecular flexibility index (Phi) is 4.22. The number of nitrogens with zero attached hydrogens (tertiary/aromatic N) is 3. The number of anilines is 1. The topological polar surface area (TPSA) is 44.5 Å². The molecular weight excluding hydrogens is 264 g/mol. The number of hydrogen-bond donors (Lipinski definition) is 1. The van der Waals surface area contributed by atoms with E-state index in [1.54, 1.807) is 6.26 Å². The number of aromatic nitrogens is 1. The third-order valence-corrected chi connectivity index (χ3v) is 4.45. The average Bonchev–Trinajstić information content (AvgIpc) is 2.93. The molecule has 1 atom stereocenters. The molecule has 2 aliphatic rings. The molecule has 0 spiro atoms. The van der Waals surface area contributed by atoms with E-state index < -0.39 is 0 Å². The largest absolute Gasteiger partial charge is 0.432 e. The maximum atomic E-state index is 5.71. The van der Waals surface area contributed by atoms with Crippen LogP contribution in [-0.2, 0) is 6.54 Å². The van der Waals surface area contributed by atoms with Gasteiger partial charge in [-0.25, -0.2) is 0 Å². The van der Waals surface area contributed by atoms with Gasteiger partial charge in [-0.1, -0.05) is 6.42 Å². The second-order valence-electron chi connectivity index (χ2n) is 7.36. The first kappa shape index (κ1) is 14.9. The lowest BCUT2D eigenvalue weighted by molar-refractivity contribution is 0.131. The number of rotatable bonds is 3. The fraction of sp³-hybridized carbons (Fsp3) is 0.812. The van der Waals surface area contributed by atoms with Crippen LogP contribution in [0.5, 0.6) is 0 Å². The van der Waals surface area contributed by atoms with E-state index >= 15 is 0 Å². The molecule has 2 saturated heterocycles. The minimum Gasteiger partial charge on any atom is -0.432 e. The lowest BCUT2D eigenvalue weighted by Gasteiger charge is -2.43. The van der Waals surface area contributed by atoms with Crippen molar-refractivity contribution in [2.75, 3.05) is 31.1 Å². The Labute approximate surface area is 127 Å². The third kappa shape index (κ3) is 3.77. The van der Waals surface area contributed by atoms with Gasteiger partial charge in [0.2, 0.25) is 0 Å². The predicted molar refractivity (Wildman–Crippen MR) is 84.5 cm³/mol. The van der Waals surface area contributed by atoms with E-state index in [0.29, 0.717) is 6.04 Å². The van der Waals surface area contributed by atoms with Gasteiger partial charge in [0.05, 0.1) is 5.69 Å². The molecule has 3 rings (SSSR count). The van der Waals surface area contributed by atoms with Crippen molar-refractivity contribution >= 4 is 6.01 Å². The van der Waals surface area contributed by atoms with Gasteiger partial charge in [0.25, 0.3) is 6.01 Å². The highest BCUT2D eigenvalue weighted by molar-refractivity contribution is 5.29. The predicted octanol–water partition coefficient (Wildman–Crippen LogP) is 2.24. The Hall–Kier alpha value is -1.07. The quantitative estimate of drug-likeness (QED) is 0.925. The highest BCUT2D eigenvalue weighted by Crippen LogP contribution is 2.24. The highest BCUT2D eigenvalue weighted by atomic mass is 16.4. The Morgan fingerprint density at radius 2 is 2.14 bits per heavy atom. The molecule has 1 N–H and O–H groups in total. The fourth-order valence-corrected chi connectivity index (χ4v) is 3.21. The smallest absolute Gasteiger partial charge is 0.297 e. The van der Waals surface area contributed by atoms with Crippen LogP contribution in [0.2, 0.25) is 0 Å². The zero-order valence-corrected chi connectivity index (χ0v) is 13.6. The van der Waals surface area contributed by atoms with Crippen LogP contribution in [0.3, 0.4) is 0 Å². The summed E-state index contributed by atoms with van der Waals surface area (Å²) >= 11 is 0. The van der Waals surface area contributed by atoms with Gasteiger partial charge in [-0.05, 0) is 40.2 Å². The van der Waals surface area contributed by atoms with E-state index in [-0.39, 0.29) is 5.54 Å². The first-order valence-electron chi connectivity index (χ1n) is 8.20. The molecule has 0 radical (unpaired) electrons. The van der Waals surface area contributed by atoms with Crippen LogP contribution in [0.4, 0.5) is 6.01 Å². The van der Waals surface area contributed by atoms with Gasteiger partial charge in [0.1, 0.15) is 6.26 Å². The van der Waals surface area contributed by atoms with Gasteiger partial charge in [-0.3, -0.25) is 4.90 Å². The number of fused-ring (bicyclic) bond motifs is 1. The maximum Gasteiger partial charge on any atom is 0.297 e. The average molecular weight is 292 g/mol. The molecule has 1 aromatic rings. The Morgan fingerprint density at radius 3 is 2.95 bits per heavy atom. The van der Waals surface area contributed by atoms with E-state index in [2.05, 4.69) is 40.9 Å². The second kappa shape index (κ2) is 5.97. The van der Waals surface area contributed by atoms with Crippen LogP contribution in [-0.4, -0.2) is 47.6 Å². The number of hydrogen-bond acceptors (Lipinski definition) is 5. The van der Waals surface area contributed by atoms with Crippen LogP contribution >= 0.6 is 0 Å². The summed E-state index contributed by atoms with van der Waals surface area (Å²) in [4.78, 5) is 9.60. The van der Waals surface area contributed by atoms with Crippen LogP contribution < -0.4 is 10.2 Å². The molecule has 5 heteroatoms. The number of piperazine rings is 1. The fourth-order valence-electron chi connectivity index (χ4n) is 3.21. The first-order valence-corrected chi connectivity index (χ1v) is 8.20. The van der Waals surface area contributed by atoms with Gasteiger partial charge < -0.3 is 14.6 Å². The summed E-state index contributed by atoms with van der Waals surface area (Å²) in [6, 6.07) is 1.49. The van der Waals surface area contributed by atoms with Gasteiger partial charge in [-0.2, -0.15) is 4.98 Å². The van der Waals surface area contributed by atoms with Crippen LogP contribution in [0.15, 0.2) is 10.7 Å². The van der Waals surface area contributed by atoms with E-state index in [9.17, 15) is 0 Å². The molecule has 1 aromatic heterocycles. The van der Waals surface area contributed by atoms with Crippen molar-refractivity contribution in [3.63, 3.8) is 0 Å². The number of nitrogens with one attached hydrogen (secondary N) is 1. The van der Waals surface area contributed by atoms with E-state index in [1.807, 2.05) is 0 Å². The molecule has 0 saturated carbocycles.